The van der Waals surface area contributed by atoms with E-state index < -0.39 is 5.82 Å². The molecular formula is C10H5FN4O2. The molecule has 0 saturated heterocycles. The second-order valence-corrected chi connectivity index (χ2v) is 3.13. The van der Waals surface area contributed by atoms with Gasteiger partial charge in [0.05, 0.1) is 18.6 Å². The zero-order valence-electron chi connectivity index (χ0n) is 8.37. The molecule has 3 aromatic heterocycles. The summed E-state index contributed by atoms with van der Waals surface area (Å²) in [7, 11) is 0. The lowest BCUT2D eigenvalue weighted by molar-refractivity contribution is 0.338. The summed E-state index contributed by atoms with van der Waals surface area (Å²) in [5.41, 5.74) is 0.770. The third-order valence-corrected chi connectivity index (χ3v) is 1.94. The Kier molecular flexibility index (Phi) is 2.14. The monoisotopic (exact) mass is 232 g/mol. The normalized spacial score (nSPS) is 10.6. The van der Waals surface area contributed by atoms with Crippen LogP contribution in [0, 0.1) is 5.82 Å². The first kappa shape index (κ1) is 9.64. The standard InChI is InChI=1S/C10H5FN4O2/c11-6-1-7(3-12-2-6)16-10-15-8-4-13-5-14-9(8)17-10/h1-5H. The van der Waals surface area contributed by atoms with Gasteiger partial charge in [-0.3, -0.25) is 4.98 Å². The van der Waals surface area contributed by atoms with Crippen LogP contribution in [0.3, 0.4) is 0 Å². The maximum atomic E-state index is 12.9. The second-order valence-electron chi connectivity index (χ2n) is 3.13. The number of rotatable bonds is 2. The molecule has 0 N–H and O–H groups in total. The Morgan fingerprint density at radius 2 is 2.12 bits per heavy atom. The molecule has 3 rings (SSSR count). The minimum absolute atomic E-state index is 0.0344. The summed E-state index contributed by atoms with van der Waals surface area (Å²) in [6, 6.07) is 1.17. The van der Waals surface area contributed by atoms with Crippen molar-refractivity contribution in [2.24, 2.45) is 0 Å². The highest BCUT2D eigenvalue weighted by Crippen LogP contribution is 2.23. The SMILES string of the molecule is Fc1cncc(Oc2nc3cncnc3o2)c1. The minimum atomic E-state index is -0.501. The molecule has 0 atom stereocenters. The van der Waals surface area contributed by atoms with Crippen LogP contribution in [-0.2, 0) is 0 Å². The zero-order chi connectivity index (χ0) is 11.7. The fourth-order valence-electron chi connectivity index (χ4n) is 1.26. The van der Waals surface area contributed by atoms with Gasteiger partial charge in [-0.05, 0) is 0 Å². The quantitative estimate of drug-likeness (QED) is 0.672. The average molecular weight is 232 g/mol. The van der Waals surface area contributed by atoms with Gasteiger partial charge in [0.25, 0.3) is 5.71 Å². The number of hydrogen-bond acceptors (Lipinski definition) is 6. The molecule has 0 saturated carbocycles. The molecule has 84 valence electrons. The van der Waals surface area contributed by atoms with Crippen LogP contribution in [0.25, 0.3) is 11.2 Å². The number of halogens is 1. The lowest BCUT2D eigenvalue weighted by Crippen LogP contribution is -1.86. The Balaban J connectivity index is 1.94. The molecule has 3 heterocycles. The van der Waals surface area contributed by atoms with Gasteiger partial charge in [0.1, 0.15) is 12.1 Å². The van der Waals surface area contributed by atoms with Gasteiger partial charge in [0, 0.05) is 6.07 Å². The number of fused-ring (bicyclic) bond motifs is 1. The van der Waals surface area contributed by atoms with Gasteiger partial charge >= 0.3 is 6.08 Å². The topological polar surface area (TPSA) is 73.9 Å². The third kappa shape index (κ3) is 1.89. The van der Waals surface area contributed by atoms with Crippen LogP contribution in [-0.4, -0.2) is 19.9 Å². The Hall–Kier alpha value is -2.57. The molecule has 0 spiro atoms. The molecule has 0 aliphatic rings. The van der Waals surface area contributed by atoms with E-state index in [9.17, 15) is 4.39 Å². The van der Waals surface area contributed by atoms with Crippen molar-refractivity contribution in [1.82, 2.24) is 19.9 Å². The van der Waals surface area contributed by atoms with Crippen LogP contribution < -0.4 is 4.74 Å². The van der Waals surface area contributed by atoms with Crippen LogP contribution in [0.5, 0.6) is 11.8 Å². The Morgan fingerprint density at radius 3 is 2.94 bits per heavy atom. The number of nitrogens with zero attached hydrogens (tertiary/aromatic N) is 4. The fourth-order valence-corrected chi connectivity index (χ4v) is 1.26. The largest absolute Gasteiger partial charge is 0.409 e. The van der Waals surface area contributed by atoms with Crippen molar-refractivity contribution < 1.29 is 13.5 Å². The van der Waals surface area contributed by atoms with Gasteiger partial charge in [-0.15, -0.1) is 0 Å². The van der Waals surface area contributed by atoms with Gasteiger partial charge in [-0.2, -0.15) is 9.97 Å². The van der Waals surface area contributed by atoms with Crippen molar-refractivity contribution in [3.63, 3.8) is 0 Å². The van der Waals surface area contributed by atoms with Crippen LogP contribution >= 0.6 is 0 Å². The average Bonchev–Trinajstić information content (AvgIpc) is 2.71. The maximum Gasteiger partial charge on any atom is 0.401 e. The highest BCUT2D eigenvalue weighted by atomic mass is 19.1. The molecule has 3 aromatic rings. The summed E-state index contributed by atoms with van der Waals surface area (Å²) < 4.78 is 23.2. The van der Waals surface area contributed by atoms with Crippen molar-refractivity contribution in [1.29, 1.82) is 0 Å². The molecule has 0 fully saturated rings. The van der Waals surface area contributed by atoms with Crippen molar-refractivity contribution in [3.8, 4) is 11.8 Å². The van der Waals surface area contributed by atoms with Gasteiger partial charge in [-0.25, -0.2) is 9.37 Å². The molecule has 0 bridgehead atoms. The van der Waals surface area contributed by atoms with Gasteiger partial charge in [0.15, 0.2) is 11.3 Å². The highest BCUT2D eigenvalue weighted by Gasteiger charge is 2.09. The minimum Gasteiger partial charge on any atom is -0.409 e. The molecule has 17 heavy (non-hydrogen) atoms. The molecule has 0 radical (unpaired) electrons. The lowest BCUT2D eigenvalue weighted by atomic mass is 10.4. The third-order valence-electron chi connectivity index (χ3n) is 1.94. The summed E-state index contributed by atoms with van der Waals surface area (Å²) in [4.78, 5) is 15.2. The predicted molar refractivity (Wildman–Crippen MR) is 53.9 cm³/mol. The number of pyridine rings is 1. The van der Waals surface area contributed by atoms with Crippen LogP contribution in [0.4, 0.5) is 4.39 Å². The van der Waals surface area contributed by atoms with Gasteiger partial charge in [-0.1, -0.05) is 0 Å². The number of oxazole rings is 1. The molecule has 0 aliphatic heterocycles. The fraction of sp³-hybridized carbons (Fsp3) is 0. The molecule has 6 nitrogen and oxygen atoms in total. The van der Waals surface area contributed by atoms with E-state index in [-0.39, 0.29) is 11.8 Å². The predicted octanol–water partition coefficient (Wildman–Crippen LogP) is 1.94. The van der Waals surface area contributed by atoms with E-state index in [0.29, 0.717) is 11.2 Å². The van der Waals surface area contributed by atoms with Gasteiger partial charge < -0.3 is 9.15 Å². The Morgan fingerprint density at radius 1 is 1.18 bits per heavy atom. The van der Waals surface area contributed by atoms with E-state index in [1.807, 2.05) is 0 Å². The van der Waals surface area contributed by atoms with Crippen molar-refractivity contribution in [2.45, 2.75) is 0 Å². The number of hydrogen-bond donors (Lipinski definition) is 0. The Bertz CT molecular complexity index is 637. The van der Waals surface area contributed by atoms with Gasteiger partial charge in [0.2, 0.25) is 0 Å². The number of ether oxygens (including phenoxy) is 1. The first-order valence-corrected chi connectivity index (χ1v) is 4.66. The summed E-state index contributed by atoms with van der Waals surface area (Å²) in [6.07, 6.45) is 5.21. The van der Waals surface area contributed by atoms with Crippen LogP contribution in [0.2, 0.25) is 0 Å². The van der Waals surface area contributed by atoms with Crippen molar-refractivity contribution in [2.75, 3.05) is 0 Å². The summed E-state index contributed by atoms with van der Waals surface area (Å²) >= 11 is 0. The van der Waals surface area contributed by atoms with Crippen LogP contribution in [0.15, 0.2) is 35.4 Å². The Labute approximate surface area is 94.1 Å². The van der Waals surface area contributed by atoms with Crippen LogP contribution in [0.1, 0.15) is 0 Å². The lowest BCUT2D eigenvalue weighted by Gasteiger charge is -1.98. The first-order valence-electron chi connectivity index (χ1n) is 4.66. The van der Waals surface area contributed by atoms with E-state index in [4.69, 9.17) is 9.15 Å². The maximum absolute atomic E-state index is 12.9. The highest BCUT2D eigenvalue weighted by molar-refractivity contribution is 5.66. The van der Waals surface area contributed by atoms with E-state index >= 15 is 0 Å². The molecule has 7 heteroatoms. The second kappa shape index (κ2) is 3.78. The molecule has 0 amide bonds. The molecule has 0 aromatic carbocycles. The number of aromatic nitrogens is 4. The summed E-state index contributed by atoms with van der Waals surface area (Å²) in [5.74, 6) is -0.303. The van der Waals surface area contributed by atoms with E-state index in [1.54, 1.807) is 0 Å². The van der Waals surface area contributed by atoms with Crippen molar-refractivity contribution >= 4 is 11.2 Å². The van der Waals surface area contributed by atoms with E-state index in [1.165, 1.54) is 24.8 Å². The molecule has 0 aliphatic carbocycles. The van der Waals surface area contributed by atoms with Crippen molar-refractivity contribution in [3.05, 3.63) is 36.8 Å². The first-order chi connectivity index (χ1) is 8.31. The smallest absolute Gasteiger partial charge is 0.401 e. The molecular weight excluding hydrogens is 227 g/mol. The summed E-state index contributed by atoms with van der Waals surface area (Å²) in [6.45, 7) is 0. The molecule has 0 unspecified atom stereocenters. The zero-order valence-corrected chi connectivity index (χ0v) is 8.37. The van der Waals surface area contributed by atoms with E-state index in [2.05, 4.69) is 19.9 Å². The summed E-state index contributed by atoms with van der Waals surface area (Å²) in [5, 5.41) is 0. The van der Waals surface area contributed by atoms with E-state index in [0.717, 1.165) is 6.20 Å².